The van der Waals surface area contributed by atoms with Crippen LogP contribution in [0.2, 0.25) is 0 Å². The van der Waals surface area contributed by atoms with Crippen LogP contribution >= 0.6 is 0 Å². The number of ether oxygens (including phenoxy) is 1. The number of hydrogen-bond acceptors (Lipinski definition) is 3. The molecule has 0 bridgehead atoms. The molecule has 0 saturated carbocycles. The zero-order valence-electron chi connectivity index (χ0n) is 15.2. The van der Waals surface area contributed by atoms with E-state index in [9.17, 15) is 4.79 Å². The summed E-state index contributed by atoms with van der Waals surface area (Å²) in [5, 5.41) is 7.32. The van der Waals surface area contributed by atoms with Crippen LogP contribution in [-0.2, 0) is 16.1 Å². The number of carbonyl (C=O) groups excluding carboxylic acids is 1. The Kier molecular flexibility index (Phi) is 5.53. The molecule has 5 heteroatoms. The largest absolute Gasteiger partial charge is 0.370 e. The van der Waals surface area contributed by atoms with Gasteiger partial charge in [0.05, 0.1) is 18.8 Å². The zero-order valence-corrected chi connectivity index (χ0v) is 15.2. The molecule has 3 atom stereocenters. The summed E-state index contributed by atoms with van der Waals surface area (Å²) in [6, 6.07) is 10.6. The Hall–Kier alpha value is -2.14. The van der Waals surface area contributed by atoms with Crippen LogP contribution in [0.3, 0.4) is 0 Å². The fourth-order valence-electron chi connectivity index (χ4n) is 3.43. The summed E-state index contributed by atoms with van der Waals surface area (Å²) < 4.78 is 8.23. The van der Waals surface area contributed by atoms with Crippen LogP contribution in [0.25, 0.3) is 0 Å². The number of carbonyl (C=O) groups is 1. The molecule has 1 aromatic carbocycles. The van der Waals surface area contributed by atoms with E-state index in [4.69, 9.17) is 4.74 Å². The fourth-order valence-corrected chi connectivity index (χ4v) is 3.43. The molecule has 0 aliphatic carbocycles. The van der Waals surface area contributed by atoms with Gasteiger partial charge >= 0.3 is 0 Å². The third-order valence-corrected chi connectivity index (χ3v) is 4.76. The van der Waals surface area contributed by atoms with Gasteiger partial charge in [0.1, 0.15) is 0 Å². The van der Waals surface area contributed by atoms with Crippen molar-refractivity contribution in [1.29, 1.82) is 0 Å². The van der Waals surface area contributed by atoms with Crippen LogP contribution in [0.5, 0.6) is 0 Å². The van der Waals surface area contributed by atoms with Crippen LogP contribution in [0.15, 0.2) is 42.7 Å². The molecule has 1 N–H and O–H groups in total. The predicted octanol–water partition coefficient (Wildman–Crippen LogP) is 3.31. The lowest BCUT2D eigenvalue weighted by atomic mass is 9.89. The molecule has 3 rings (SSSR count). The predicted molar refractivity (Wildman–Crippen MR) is 97.1 cm³/mol. The third-order valence-electron chi connectivity index (χ3n) is 4.76. The van der Waals surface area contributed by atoms with Crippen LogP contribution in [0.4, 0.5) is 0 Å². The topological polar surface area (TPSA) is 56.2 Å². The van der Waals surface area contributed by atoms with Crippen LogP contribution in [0, 0.1) is 5.92 Å². The highest BCUT2D eigenvalue weighted by Gasteiger charge is 2.32. The number of benzene rings is 1. The van der Waals surface area contributed by atoms with Gasteiger partial charge in [0.15, 0.2) is 0 Å². The van der Waals surface area contributed by atoms with Gasteiger partial charge in [0.25, 0.3) is 0 Å². The van der Waals surface area contributed by atoms with Gasteiger partial charge in [-0.1, -0.05) is 38.1 Å². The van der Waals surface area contributed by atoms with Crippen LogP contribution < -0.4 is 5.32 Å². The second kappa shape index (κ2) is 7.83. The smallest absolute Gasteiger partial charge is 0.217 e. The van der Waals surface area contributed by atoms with E-state index < -0.39 is 0 Å². The maximum Gasteiger partial charge on any atom is 0.217 e. The number of aromatic nitrogens is 2. The van der Waals surface area contributed by atoms with Crippen LogP contribution in [0.1, 0.15) is 50.8 Å². The van der Waals surface area contributed by atoms with Crippen molar-refractivity contribution in [2.24, 2.45) is 5.92 Å². The lowest BCUT2D eigenvalue weighted by molar-refractivity contribution is -0.123. The average molecular weight is 341 g/mol. The molecule has 0 radical (unpaired) electrons. The molecule has 1 fully saturated rings. The molecule has 1 aromatic heterocycles. The molecule has 1 amide bonds. The molecule has 1 aliphatic rings. The van der Waals surface area contributed by atoms with Crippen molar-refractivity contribution < 1.29 is 9.53 Å². The summed E-state index contributed by atoms with van der Waals surface area (Å²) >= 11 is 0. The first-order chi connectivity index (χ1) is 12.0. The Morgan fingerprint density at radius 3 is 2.68 bits per heavy atom. The first-order valence-corrected chi connectivity index (χ1v) is 9.00. The van der Waals surface area contributed by atoms with Crippen molar-refractivity contribution in [3.8, 4) is 0 Å². The Morgan fingerprint density at radius 1 is 1.32 bits per heavy atom. The molecule has 2 aromatic rings. The Balaban J connectivity index is 1.71. The number of rotatable bonds is 5. The molecule has 0 unspecified atom stereocenters. The van der Waals surface area contributed by atoms with E-state index in [0.717, 1.165) is 19.4 Å². The van der Waals surface area contributed by atoms with E-state index in [0.29, 0.717) is 5.92 Å². The van der Waals surface area contributed by atoms with E-state index in [2.05, 4.69) is 48.5 Å². The normalized spacial score (nSPS) is 23.6. The standard InChI is InChI=1S/C20H27N3O2/c1-14(2)19-11-18(22-15(3)24)12-20(25-19)17-7-5-16(6-8-17)13-23-10-4-9-21-23/h4-10,14,18-20H,11-13H2,1-3H3,(H,22,24)/t18-,19-,20+/m1/s1. The van der Waals surface area contributed by atoms with Gasteiger partial charge < -0.3 is 10.1 Å². The minimum Gasteiger partial charge on any atom is -0.370 e. The maximum absolute atomic E-state index is 11.5. The Labute approximate surface area is 149 Å². The van der Waals surface area contributed by atoms with Crippen molar-refractivity contribution in [2.75, 3.05) is 0 Å². The minimum atomic E-state index is 0.0248. The molecule has 0 spiro atoms. The van der Waals surface area contributed by atoms with E-state index >= 15 is 0 Å². The van der Waals surface area contributed by atoms with E-state index in [1.54, 1.807) is 13.1 Å². The summed E-state index contributed by atoms with van der Waals surface area (Å²) in [6.07, 6.45) is 5.64. The Bertz CT molecular complexity index is 679. The van der Waals surface area contributed by atoms with Crippen molar-refractivity contribution in [2.45, 2.75) is 58.4 Å². The first kappa shape index (κ1) is 17.7. The van der Waals surface area contributed by atoms with Crippen LogP contribution in [-0.4, -0.2) is 27.8 Å². The van der Waals surface area contributed by atoms with E-state index in [1.165, 1.54) is 11.1 Å². The molecule has 1 aliphatic heterocycles. The number of amides is 1. The van der Waals surface area contributed by atoms with Gasteiger partial charge in [-0.3, -0.25) is 9.48 Å². The second-order valence-corrected chi connectivity index (χ2v) is 7.22. The van der Waals surface area contributed by atoms with E-state index in [-0.39, 0.29) is 24.2 Å². The summed E-state index contributed by atoms with van der Waals surface area (Å²) in [7, 11) is 0. The second-order valence-electron chi connectivity index (χ2n) is 7.22. The number of hydrogen-bond donors (Lipinski definition) is 1. The molecule has 1 saturated heterocycles. The first-order valence-electron chi connectivity index (χ1n) is 9.00. The van der Waals surface area contributed by atoms with Crippen molar-refractivity contribution in [3.05, 3.63) is 53.9 Å². The summed E-state index contributed by atoms with van der Waals surface area (Å²) in [5.74, 6) is 0.459. The van der Waals surface area contributed by atoms with Crippen molar-refractivity contribution in [3.63, 3.8) is 0 Å². The fraction of sp³-hybridized carbons (Fsp3) is 0.500. The highest BCUT2D eigenvalue weighted by molar-refractivity contribution is 5.73. The summed E-state index contributed by atoms with van der Waals surface area (Å²) in [4.78, 5) is 11.5. The van der Waals surface area contributed by atoms with Gasteiger partial charge in [-0.25, -0.2) is 0 Å². The number of nitrogens with one attached hydrogen (secondary N) is 1. The minimum absolute atomic E-state index is 0.0248. The quantitative estimate of drug-likeness (QED) is 0.908. The van der Waals surface area contributed by atoms with Gasteiger partial charge in [-0.05, 0) is 36.0 Å². The lowest BCUT2D eigenvalue weighted by Gasteiger charge is -2.38. The highest BCUT2D eigenvalue weighted by Crippen LogP contribution is 2.34. The molecule has 2 heterocycles. The van der Waals surface area contributed by atoms with E-state index in [1.807, 2.05) is 16.9 Å². The van der Waals surface area contributed by atoms with Gasteiger partial charge in [0, 0.05) is 25.4 Å². The monoisotopic (exact) mass is 341 g/mol. The molecule has 25 heavy (non-hydrogen) atoms. The lowest BCUT2D eigenvalue weighted by Crippen LogP contribution is -2.43. The molecular weight excluding hydrogens is 314 g/mol. The van der Waals surface area contributed by atoms with Gasteiger partial charge in [-0.2, -0.15) is 5.10 Å². The summed E-state index contributed by atoms with van der Waals surface area (Å²) in [5.41, 5.74) is 2.38. The zero-order chi connectivity index (χ0) is 17.8. The molecular formula is C20H27N3O2. The Morgan fingerprint density at radius 2 is 2.08 bits per heavy atom. The summed E-state index contributed by atoms with van der Waals surface area (Å²) in [6.45, 7) is 6.69. The number of nitrogens with zero attached hydrogens (tertiary/aromatic N) is 2. The highest BCUT2D eigenvalue weighted by atomic mass is 16.5. The SMILES string of the molecule is CC(=O)N[C@H]1C[C@@H](c2ccc(Cn3cccn3)cc2)O[C@@H](C(C)C)C1. The maximum atomic E-state index is 11.5. The average Bonchev–Trinajstić information content (AvgIpc) is 3.07. The van der Waals surface area contributed by atoms with Gasteiger partial charge in [0.2, 0.25) is 5.91 Å². The van der Waals surface area contributed by atoms with Crippen molar-refractivity contribution >= 4 is 5.91 Å². The van der Waals surface area contributed by atoms with Crippen molar-refractivity contribution in [1.82, 2.24) is 15.1 Å². The molecule has 5 nitrogen and oxygen atoms in total. The third kappa shape index (κ3) is 4.69. The molecule has 134 valence electrons. The van der Waals surface area contributed by atoms with Gasteiger partial charge in [-0.15, -0.1) is 0 Å².